The van der Waals surface area contributed by atoms with Crippen LogP contribution >= 0.6 is 0 Å². The molecule has 0 saturated carbocycles. The Balaban J connectivity index is 2.44. The zero-order valence-corrected chi connectivity index (χ0v) is 17.6. The minimum absolute atomic E-state index is 0.0136. The van der Waals surface area contributed by atoms with Crippen molar-refractivity contribution in [3.05, 3.63) is 41.5 Å². The molecule has 3 N–H and O–H groups in total. The smallest absolute Gasteiger partial charge is 0.342 e. The molecule has 3 unspecified atom stereocenters. The first-order chi connectivity index (χ1) is 14.2. The van der Waals surface area contributed by atoms with Gasteiger partial charge in [0, 0.05) is 12.0 Å². The average molecular weight is 418 g/mol. The SMILES string of the molecule is CCCCOc1cc(O)c2c(c1)/C=C/CC(O)C(O)C(=O)/C=C\[C@@H](C)C(C)OC2=O. The number of carbonyl (C=O) groups excluding carboxylic acids is 2. The number of aromatic hydroxyl groups is 1. The second-order valence-electron chi connectivity index (χ2n) is 7.49. The number of unbranched alkanes of at least 4 members (excludes halogenated alkanes) is 1. The average Bonchev–Trinajstić information content (AvgIpc) is 2.70. The van der Waals surface area contributed by atoms with Gasteiger partial charge in [0.15, 0.2) is 5.78 Å². The first-order valence-electron chi connectivity index (χ1n) is 10.2. The maximum absolute atomic E-state index is 12.8. The van der Waals surface area contributed by atoms with Crippen LogP contribution in [0.4, 0.5) is 0 Å². The van der Waals surface area contributed by atoms with Gasteiger partial charge in [0.05, 0.1) is 12.7 Å². The highest BCUT2D eigenvalue weighted by Crippen LogP contribution is 2.31. The number of aliphatic hydroxyl groups excluding tert-OH is 2. The molecule has 4 atom stereocenters. The number of cyclic esters (lactones) is 1. The van der Waals surface area contributed by atoms with Gasteiger partial charge in [0.25, 0.3) is 0 Å². The van der Waals surface area contributed by atoms with Gasteiger partial charge in [-0.1, -0.05) is 38.5 Å². The highest BCUT2D eigenvalue weighted by atomic mass is 16.5. The Kier molecular flexibility index (Phi) is 8.62. The molecule has 0 saturated heterocycles. The fraction of sp³-hybridized carbons (Fsp3) is 0.478. The number of fused-ring (bicyclic) bond motifs is 1. The van der Waals surface area contributed by atoms with Crippen LogP contribution in [0.15, 0.2) is 30.4 Å². The van der Waals surface area contributed by atoms with E-state index in [0.717, 1.165) is 12.8 Å². The van der Waals surface area contributed by atoms with Crippen molar-refractivity contribution in [2.45, 2.75) is 58.3 Å². The number of benzene rings is 1. The molecule has 0 bridgehead atoms. The van der Waals surface area contributed by atoms with E-state index in [2.05, 4.69) is 0 Å². The summed E-state index contributed by atoms with van der Waals surface area (Å²) in [6, 6.07) is 2.98. The van der Waals surface area contributed by atoms with Gasteiger partial charge in [-0.25, -0.2) is 4.79 Å². The second kappa shape index (κ2) is 10.9. The van der Waals surface area contributed by atoms with Gasteiger partial charge < -0.3 is 24.8 Å². The molecule has 0 aromatic heterocycles. The molecular weight excluding hydrogens is 388 g/mol. The van der Waals surface area contributed by atoms with Crippen molar-refractivity contribution in [1.82, 2.24) is 0 Å². The van der Waals surface area contributed by atoms with E-state index in [1.807, 2.05) is 6.92 Å². The number of hydrogen-bond donors (Lipinski definition) is 3. The van der Waals surface area contributed by atoms with Gasteiger partial charge in [-0.15, -0.1) is 0 Å². The first-order valence-corrected chi connectivity index (χ1v) is 10.2. The molecule has 1 heterocycles. The number of ether oxygens (including phenoxy) is 2. The second-order valence-corrected chi connectivity index (χ2v) is 7.49. The van der Waals surface area contributed by atoms with Crippen LogP contribution in [0, 0.1) is 5.92 Å². The van der Waals surface area contributed by atoms with E-state index in [0.29, 0.717) is 17.9 Å². The fourth-order valence-corrected chi connectivity index (χ4v) is 2.88. The molecule has 1 aromatic carbocycles. The number of ketones is 1. The Morgan fingerprint density at radius 1 is 1.17 bits per heavy atom. The van der Waals surface area contributed by atoms with Crippen molar-refractivity contribution >= 4 is 17.8 Å². The third kappa shape index (κ3) is 6.18. The van der Waals surface area contributed by atoms with Crippen LogP contribution < -0.4 is 4.74 Å². The molecule has 2 rings (SSSR count). The van der Waals surface area contributed by atoms with E-state index in [1.54, 1.807) is 19.9 Å². The Bertz CT molecular complexity index is 812. The van der Waals surface area contributed by atoms with Crippen LogP contribution in [-0.2, 0) is 9.53 Å². The monoisotopic (exact) mass is 418 g/mol. The molecule has 1 aromatic rings. The van der Waals surface area contributed by atoms with Crippen LogP contribution in [0.3, 0.4) is 0 Å². The molecule has 30 heavy (non-hydrogen) atoms. The highest BCUT2D eigenvalue weighted by Gasteiger charge is 2.25. The lowest BCUT2D eigenvalue weighted by molar-refractivity contribution is -0.127. The predicted molar refractivity (Wildman–Crippen MR) is 112 cm³/mol. The fourth-order valence-electron chi connectivity index (χ4n) is 2.88. The third-order valence-corrected chi connectivity index (χ3v) is 5.02. The van der Waals surface area contributed by atoms with Gasteiger partial charge >= 0.3 is 5.97 Å². The number of phenolic OH excluding ortho intramolecular Hbond substituents is 1. The van der Waals surface area contributed by atoms with Crippen molar-refractivity contribution < 1.29 is 34.4 Å². The maximum Gasteiger partial charge on any atom is 0.342 e. The molecule has 7 nitrogen and oxygen atoms in total. The Labute approximate surface area is 176 Å². The van der Waals surface area contributed by atoms with Crippen molar-refractivity contribution in [2.24, 2.45) is 5.92 Å². The molecule has 0 radical (unpaired) electrons. The summed E-state index contributed by atoms with van der Waals surface area (Å²) >= 11 is 0. The van der Waals surface area contributed by atoms with Crippen LogP contribution in [-0.4, -0.2) is 52.0 Å². The van der Waals surface area contributed by atoms with E-state index in [-0.39, 0.29) is 23.7 Å². The van der Waals surface area contributed by atoms with Crippen molar-refractivity contribution in [1.29, 1.82) is 0 Å². The molecule has 7 heteroatoms. The Morgan fingerprint density at radius 2 is 1.90 bits per heavy atom. The van der Waals surface area contributed by atoms with Crippen molar-refractivity contribution in [3.8, 4) is 11.5 Å². The molecule has 1 aliphatic heterocycles. The molecule has 0 aliphatic carbocycles. The minimum atomic E-state index is -1.56. The van der Waals surface area contributed by atoms with Gasteiger partial charge in [-0.2, -0.15) is 0 Å². The van der Waals surface area contributed by atoms with Gasteiger partial charge in [0.2, 0.25) is 0 Å². The van der Waals surface area contributed by atoms with Crippen LogP contribution in [0.1, 0.15) is 56.0 Å². The topological polar surface area (TPSA) is 113 Å². The summed E-state index contributed by atoms with van der Waals surface area (Å²) in [5, 5.41) is 30.6. The predicted octanol–water partition coefficient (Wildman–Crippen LogP) is 3.02. The van der Waals surface area contributed by atoms with Crippen LogP contribution in [0.5, 0.6) is 11.5 Å². The zero-order valence-electron chi connectivity index (χ0n) is 17.6. The van der Waals surface area contributed by atoms with E-state index in [9.17, 15) is 24.9 Å². The lowest BCUT2D eigenvalue weighted by Gasteiger charge is -2.20. The van der Waals surface area contributed by atoms with E-state index < -0.39 is 30.1 Å². The number of phenols is 1. The van der Waals surface area contributed by atoms with Gasteiger partial charge in [-0.3, -0.25) is 4.79 Å². The van der Waals surface area contributed by atoms with E-state index in [4.69, 9.17) is 9.47 Å². The maximum atomic E-state index is 12.8. The molecule has 164 valence electrons. The van der Waals surface area contributed by atoms with Gasteiger partial charge in [-0.05, 0) is 37.5 Å². The summed E-state index contributed by atoms with van der Waals surface area (Å²) in [5.41, 5.74) is 0.340. The van der Waals surface area contributed by atoms with E-state index >= 15 is 0 Å². The number of carbonyl (C=O) groups is 2. The normalized spacial score (nSPS) is 27.5. The van der Waals surface area contributed by atoms with Crippen molar-refractivity contribution in [2.75, 3.05) is 6.61 Å². The number of hydrogen-bond acceptors (Lipinski definition) is 7. The first kappa shape index (κ1) is 23.6. The summed E-state index contributed by atoms with van der Waals surface area (Å²) in [7, 11) is 0. The summed E-state index contributed by atoms with van der Waals surface area (Å²) in [6.07, 6.45) is 4.06. The quantitative estimate of drug-likeness (QED) is 0.509. The largest absolute Gasteiger partial charge is 0.507 e. The third-order valence-electron chi connectivity index (χ3n) is 5.02. The lowest BCUT2D eigenvalue weighted by atomic mass is 9.99. The molecule has 0 amide bonds. The summed E-state index contributed by atoms with van der Waals surface area (Å²) in [6.45, 7) is 5.92. The minimum Gasteiger partial charge on any atom is -0.507 e. The Morgan fingerprint density at radius 3 is 2.60 bits per heavy atom. The van der Waals surface area contributed by atoms with Crippen molar-refractivity contribution in [3.63, 3.8) is 0 Å². The van der Waals surface area contributed by atoms with Gasteiger partial charge in [0.1, 0.15) is 29.3 Å². The number of esters is 1. The molecule has 1 aliphatic rings. The summed E-state index contributed by atoms with van der Waals surface area (Å²) in [5.74, 6) is -1.53. The molecule has 0 spiro atoms. The Hall–Kier alpha value is -2.64. The summed E-state index contributed by atoms with van der Waals surface area (Å²) < 4.78 is 11.1. The van der Waals surface area contributed by atoms with Crippen LogP contribution in [0.25, 0.3) is 6.08 Å². The number of aliphatic hydroxyl groups is 2. The number of rotatable bonds is 4. The summed E-state index contributed by atoms with van der Waals surface area (Å²) in [4.78, 5) is 24.8. The molecule has 0 fully saturated rings. The standard InChI is InChI=1S/C23H30O7/c1-4-5-11-29-17-12-16-7-6-8-18(24)22(27)19(25)10-9-14(2)15(3)30-23(28)21(16)20(26)13-17/h6-7,9-10,12-15,18,22,24,26-27H,4-5,8,11H2,1-3H3/b7-6+,10-9-/t14-,15?,18?,22?/m1/s1. The highest BCUT2D eigenvalue weighted by molar-refractivity contribution is 5.97. The molecular formula is C23H30O7. The lowest BCUT2D eigenvalue weighted by Crippen LogP contribution is -2.32. The van der Waals surface area contributed by atoms with Crippen LogP contribution in [0.2, 0.25) is 0 Å². The van der Waals surface area contributed by atoms with E-state index in [1.165, 1.54) is 30.4 Å². The zero-order chi connectivity index (χ0) is 22.3.